The lowest BCUT2D eigenvalue weighted by atomic mass is 10.0. The Balaban J connectivity index is 2.31. The van der Waals surface area contributed by atoms with E-state index in [0.29, 0.717) is 12.0 Å². The van der Waals surface area contributed by atoms with E-state index in [4.69, 9.17) is 4.74 Å². The van der Waals surface area contributed by atoms with Gasteiger partial charge in [-0.15, -0.1) is 0 Å². The second-order valence-electron chi connectivity index (χ2n) is 3.80. The molecule has 1 unspecified atom stereocenters. The molecule has 0 spiro atoms. The molecule has 0 saturated heterocycles. The predicted octanol–water partition coefficient (Wildman–Crippen LogP) is 1.78. The number of carbonyl (C=O) groups is 2. The highest BCUT2D eigenvalue weighted by molar-refractivity contribution is 5.94. The maximum Gasteiger partial charge on any atom is 0.170 e. The van der Waals surface area contributed by atoms with Crippen molar-refractivity contribution in [2.24, 2.45) is 0 Å². The molecule has 0 amide bonds. The van der Waals surface area contributed by atoms with Crippen molar-refractivity contribution in [1.82, 2.24) is 0 Å². The first-order chi connectivity index (χ1) is 7.08. The van der Waals surface area contributed by atoms with Gasteiger partial charge in [-0.3, -0.25) is 9.59 Å². The average molecular weight is 204 g/mol. The monoisotopic (exact) mass is 204 g/mol. The first-order valence-electron chi connectivity index (χ1n) is 4.89. The molecular formula is C12H12O3. The lowest BCUT2D eigenvalue weighted by molar-refractivity contribution is -0.122. The van der Waals surface area contributed by atoms with Crippen molar-refractivity contribution in [1.29, 1.82) is 0 Å². The Morgan fingerprint density at radius 2 is 2.07 bits per heavy atom. The fourth-order valence-electron chi connectivity index (χ4n) is 1.69. The van der Waals surface area contributed by atoms with Crippen molar-refractivity contribution < 1.29 is 14.3 Å². The molecular weight excluding hydrogens is 192 g/mol. The van der Waals surface area contributed by atoms with E-state index in [1.165, 1.54) is 13.8 Å². The molecule has 2 rings (SSSR count). The van der Waals surface area contributed by atoms with Crippen LogP contribution in [0.4, 0.5) is 0 Å². The maximum atomic E-state index is 11.2. The van der Waals surface area contributed by atoms with Gasteiger partial charge in [0.2, 0.25) is 0 Å². The Labute approximate surface area is 88.1 Å². The summed E-state index contributed by atoms with van der Waals surface area (Å²) in [6.07, 6.45) is 0.202. The molecule has 1 aromatic rings. The van der Waals surface area contributed by atoms with Crippen LogP contribution in [-0.2, 0) is 11.2 Å². The van der Waals surface area contributed by atoms with Crippen molar-refractivity contribution in [2.75, 3.05) is 0 Å². The highest BCUT2D eigenvalue weighted by Crippen LogP contribution is 2.29. The first kappa shape index (κ1) is 9.90. The van der Waals surface area contributed by atoms with Crippen LogP contribution in [0.5, 0.6) is 5.75 Å². The third kappa shape index (κ3) is 1.77. The van der Waals surface area contributed by atoms with E-state index < -0.39 is 0 Å². The van der Waals surface area contributed by atoms with Crippen LogP contribution in [-0.4, -0.2) is 17.7 Å². The molecule has 1 aromatic carbocycles. The summed E-state index contributed by atoms with van der Waals surface area (Å²) >= 11 is 0. The minimum absolute atomic E-state index is 0.0237. The van der Waals surface area contributed by atoms with Crippen molar-refractivity contribution in [3.8, 4) is 5.75 Å². The summed E-state index contributed by atoms with van der Waals surface area (Å²) in [5.74, 6) is 0.778. The zero-order valence-electron chi connectivity index (χ0n) is 8.74. The first-order valence-corrected chi connectivity index (χ1v) is 4.89. The molecule has 0 bridgehead atoms. The second-order valence-corrected chi connectivity index (χ2v) is 3.80. The zero-order chi connectivity index (χ0) is 11.0. The minimum atomic E-state index is -0.373. The van der Waals surface area contributed by atoms with Gasteiger partial charge in [-0.1, -0.05) is 0 Å². The maximum absolute atomic E-state index is 11.2. The molecule has 78 valence electrons. The standard InChI is InChI=1S/C12H12O3/c1-7(13)9-3-4-11-10(5-9)6-12(15-11)8(2)14/h3-5,12H,6H2,1-2H3. The van der Waals surface area contributed by atoms with Crippen LogP contribution < -0.4 is 4.74 Å². The molecule has 1 aliphatic rings. The normalized spacial score (nSPS) is 18.1. The van der Waals surface area contributed by atoms with Gasteiger partial charge < -0.3 is 4.74 Å². The number of hydrogen-bond donors (Lipinski definition) is 0. The van der Waals surface area contributed by atoms with Gasteiger partial charge in [0, 0.05) is 12.0 Å². The third-order valence-corrected chi connectivity index (χ3v) is 2.59. The summed E-state index contributed by atoms with van der Waals surface area (Å²) < 4.78 is 5.44. The summed E-state index contributed by atoms with van der Waals surface area (Å²) in [6.45, 7) is 3.04. The van der Waals surface area contributed by atoms with E-state index in [2.05, 4.69) is 0 Å². The van der Waals surface area contributed by atoms with Crippen LogP contribution in [0.2, 0.25) is 0 Å². The van der Waals surface area contributed by atoms with Crippen LogP contribution in [0, 0.1) is 0 Å². The third-order valence-electron chi connectivity index (χ3n) is 2.59. The van der Waals surface area contributed by atoms with E-state index in [1.54, 1.807) is 18.2 Å². The van der Waals surface area contributed by atoms with Crippen molar-refractivity contribution in [3.63, 3.8) is 0 Å². The number of benzene rings is 1. The van der Waals surface area contributed by atoms with Gasteiger partial charge in [-0.05, 0) is 37.6 Å². The minimum Gasteiger partial charge on any atom is -0.482 e. The smallest absolute Gasteiger partial charge is 0.170 e. The van der Waals surface area contributed by atoms with Gasteiger partial charge in [0.25, 0.3) is 0 Å². The van der Waals surface area contributed by atoms with E-state index in [0.717, 1.165) is 11.3 Å². The van der Waals surface area contributed by atoms with Gasteiger partial charge in [-0.2, -0.15) is 0 Å². The Morgan fingerprint density at radius 1 is 1.33 bits per heavy atom. The van der Waals surface area contributed by atoms with Crippen LogP contribution >= 0.6 is 0 Å². The second kappa shape index (κ2) is 3.50. The average Bonchev–Trinajstić information content (AvgIpc) is 2.59. The number of carbonyl (C=O) groups excluding carboxylic acids is 2. The van der Waals surface area contributed by atoms with Crippen LogP contribution in [0.1, 0.15) is 29.8 Å². The van der Waals surface area contributed by atoms with E-state index in [-0.39, 0.29) is 17.7 Å². The lowest BCUT2D eigenvalue weighted by Crippen LogP contribution is -2.21. The number of fused-ring (bicyclic) bond motifs is 1. The van der Waals surface area contributed by atoms with Gasteiger partial charge in [-0.25, -0.2) is 0 Å². The van der Waals surface area contributed by atoms with Gasteiger partial charge in [0.1, 0.15) is 5.75 Å². The van der Waals surface area contributed by atoms with Gasteiger partial charge >= 0.3 is 0 Å². The molecule has 0 aromatic heterocycles. The highest BCUT2D eigenvalue weighted by Gasteiger charge is 2.26. The fraction of sp³-hybridized carbons (Fsp3) is 0.333. The molecule has 1 aliphatic heterocycles. The van der Waals surface area contributed by atoms with E-state index in [9.17, 15) is 9.59 Å². The van der Waals surface area contributed by atoms with Crippen molar-refractivity contribution >= 4 is 11.6 Å². The van der Waals surface area contributed by atoms with Gasteiger partial charge in [0.05, 0.1) is 0 Å². The van der Waals surface area contributed by atoms with Crippen LogP contribution in [0.3, 0.4) is 0 Å². The Bertz CT molecular complexity index is 434. The Hall–Kier alpha value is -1.64. The SMILES string of the molecule is CC(=O)c1ccc2c(c1)CC(C(C)=O)O2. The summed E-state index contributed by atoms with van der Waals surface area (Å²) in [7, 11) is 0. The number of Topliss-reactive ketones (excluding diaryl/α,β-unsaturated/α-hetero) is 2. The molecule has 0 aliphatic carbocycles. The largest absolute Gasteiger partial charge is 0.482 e. The molecule has 1 atom stereocenters. The molecule has 3 heteroatoms. The molecule has 15 heavy (non-hydrogen) atoms. The number of rotatable bonds is 2. The topological polar surface area (TPSA) is 43.4 Å². The molecule has 0 N–H and O–H groups in total. The molecule has 1 heterocycles. The number of ether oxygens (including phenoxy) is 1. The summed E-state index contributed by atoms with van der Waals surface area (Å²) in [5, 5.41) is 0. The Morgan fingerprint density at radius 3 is 2.67 bits per heavy atom. The van der Waals surface area contributed by atoms with Crippen LogP contribution in [0.25, 0.3) is 0 Å². The number of ketones is 2. The predicted molar refractivity (Wildman–Crippen MR) is 55.2 cm³/mol. The highest BCUT2D eigenvalue weighted by atomic mass is 16.5. The molecule has 0 radical (unpaired) electrons. The molecule has 3 nitrogen and oxygen atoms in total. The number of hydrogen-bond acceptors (Lipinski definition) is 3. The van der Waals surface area contributed by atoms with Crippen LogP contribution in [0.15, 0.2) is 18.2 Å². The van der Waals surface area contributed by atoms with Crippen molar-refractivity contribution in [2.45, 2.75) is 26.4 Å². The lowest BCUT2D eigenvalue weighted by Gasteiger charge is -2.04. The fourth-order valence-corrected chi connectivity index (χ4v) is 1.69. The van der Waals surface area contributed by atoms with E-state index in [1.807, 2.05) is 0 Å². The zero-order valence-corrected chi connectivity index (χ0v) is 8.74. The van der Waals surface area contributed by atoms with Gasteiger partial charge in [0.15, 0.2) is 17.7 Å². The Kier molecular flexibility index (Phi) is 2.31. The summed E-state index contributed by atoms with van der Waals surface area (Å²) in [6, 6.07) is 5.29. The summed E-state index contributed by atoms with van der Waals surface area (Å²) in [5.41, 5.74) is 1.62. The van der Waals surface area contributed by atoms with E-state index >= 15 is 0 Å². The molecule has 0 saturated carbocycles. The van der Waals surface area contributed by atoms with Crippen molar-refractivity contribution in [3.05, 3.63) is 29.3 Å². The summed E-state index contributed by atoms with van der Waals surface area (Å²) in [4.78, 5) is 22.3. The quantitative estimate of drug-likeness (QED) is 0.690. The molecule has 0 fully saturated rings.